The Labute approximate surface area is 197 Å². The largest absolute Gasteiger partial charge is 0.508 e. The Kier molecular flexibility index (Phi) is 6.35. The molecule has 1 aromatic carbocycles. The first-order chi connectivity index (χ1) is 16.3. The first-order valence-corrected chi connectivity index (χ1v) is 11.0. The molecule has 1 saturated carbocycles. The lowest BCUT2D eigenvalue weighted by Crippen LogP contribution is -2.32. The molecule has 0 spiro atoms. The lowest BCUT2D eigenvalue weighted by molar-refractivity contribution is -0.131. The van der Waals surface area contributed by atoms with Gasteiger partial charge < -0.3 is 26.4 Å². The molecule has 11 nitrogen and oxygen atoms in total. The van der Waals surface area contributed by atoms with Crippen LogP contribution in [0.5, 0.6) is 5.75 Å². The zero-order valence-corrected chi connectivity index (χ0v) is 19.7. The summed E-state index contributed by atoms with van der Waals surface area (Å²) in [5.41, 5.74) is 8.93. The van der Waals surface area contributed by atoms with Crippen molar-refractivity contribution in [3.8, 4) is 5.75 Å². The molecule has 5 N–H and O–H groups in total. The van der Waals surface area contributed by atoms with E-state index in [1.165, 1.54) is 0 Å². The zero-order valence-electron chi connectivity index (χ0n) is 19.7. The number of nitrogens with two attached hydrogens (primary N) is 1. The van der Waals surface area contributed by atoms with Crippen molar-refractivity contribution >= 4 is 35.0 Å². The van der Waals surface area contributed by atoms with Crippen molar-refractivity contribution in [2.75, 3.05) is 24.7 Å². The molecule has 0 atom stereocenters. The number of nitrogens with zero attached hydrogens (tertiary/aromatic N) is 6. The van der Waals surface area contributed by atoms with Gasteiger partial charge in [0.25, 0.3) is 0 Å². The maximum Gasteiger partial charge on any atom is 0.244 e. The van der Waals surface area contributed by atoms with Gasteiger partial charge in [0.2, 0.25) is 11.9 Å². The third kappa shape index (κ3) is 4.92. The van der Waals surface area contributed by atoms with Crippen molar-refractivity contribution in [2.45, 2.75) is 39.3 Å². The average Bonchev–Trinajstić information content (AvgIpc) is 3.59. The van der Waals surface area contributed by atoms with E-state index in [4.69, 9.17) is 5.73 Å². The first kappa shape index (κ1) is 23.0. The van der Waals surface area contributed by atoms with Gasteiger partial charge in [-0.2, -0.15) is 10.1 Å². The van der Waals surface area contributed by atoms with Crippen molar-refractivity contribution in [3.63, 3.8) is 0 Å². The second kappa shape index (κ2) is 9.38. The van der Waals surface area contributed by atoms with Crippen LogP contribution in [0.25, 0.3) is 0 Å². The molecule has 1 aliphatic carbocycles. The monoisotopic (exact) mass is 463 g/mol. The number of hydrogen-bond donors (Lipinski definition) is 4. The molecular formula is C23H29N9O2. The molecule has 2 heterocycles. The molecule has 11 heteroatoms. The summed E-state index contributed by atoms with van der Waals surface area (Å²) in [4.78, 5) is 27.4. The Morgan fingerprint density at radius 3 is 2.79 bits per heavy atom. The molecule has 2 aromatic heterocycles. The predicted molar refractivity (Wildman–Crippen MR) is 131 cm³/mol. The van der Waals surface area contributed by atoms with Gasteiger partial charge in [-0.05, 0) is 38.3 Å². The second-order valence-electron chi connectivity index (χ2n) is 8.34. The summed E-state index contributed by atoms with van der Waals surface area (Å²) in [6.07, 6.45) is 5.44. The maximum atomic E-state index is 12.3. The molecule has 4 rings (SSSR count). The fourth-order valence-corrected chi connectivity index (χ4v) is 3.54. The Bertz CT molecular complexity index is 1250. The van der Waals surface area contributed by atoms with Gasteiger partial charge in [-0.25, -0.2) is 9.98 Å². The normalized spacial score (nSPS) is 13.6. The number of carbonyl (C=O) groups is 1. The molecule has 1 fully saturated rings. The molecule has 0 unspecified atom stereocenters. The number of hydrogen-bond acceptors (Lipinski definition) is 8. The van der Waals surface area contributed by atoms with E-state index in [1.807, 2.05) is 14.0 Å². The van der Waals surface area contributed by atoms with Crippen LogP contribution in [0.2, 0.25) is 0 Å². The van der Waals surface area contributed by atoms with Crippen molar-refractivity contribution in [1.29, 1.82) is 0 Å². The summed E-state index contributed by atoms with van der Waals surface area (Å²) in [5.74, 6) is 1.72. The minimum absolute atomic E-state index is 0.0298. The number of benzene rings is 1. The number of aromatic nitrogens is 4. The van der Waals surface area contributed by atoms with Crippen LogP contribution >= 0.6 is 0 Å². The highest BCUT2D eigenvalue weighted by atomic mass is 16.3. The highest BCUT2D eigenvalue weighted by molar-refractivity contribution is 6.03. The number of rotatable bonds is 8. The number of aliphatic imine (C=N–C) groups is 1. The SMILES string of the molecule is CNc1nc(Nc2ccn(CC(=O)N(C)C3CC3)n2)ncc1C(N)=Nc1c(C)ccc(O)c1C. The van der Waals surface area contributed by atoms with E-state index in [1.54, 1.807) is 54.1 Å². The van der Waals surface area contributed by atoms with Gasteiger partial charge in [-0.15, -0.1) is 0 Å². The van der Waals surface area contributed by atoms with Gasteiger partial charge >= 0.3 is 0 Å². The summed E-state index contributed by atoms with van der Waals surface area (Å²) >= 11 is 0. The summed E-state index contributed by atoms with van der Waals surface area (Å²) in [6.45, 7) is 3.86. The van der Waals surface area contributed by atoms with Crippen molar-refractivity contribution < 1.29 is 9.90 Å². The standard InChI is InChI=1S/C23H29N9O2/c1-13-5-8-17(33)14(2)20(13)28-21(24)16-11-26-23(29-22(16)25-3)27-18-9-10-32(30-18)12-19(34)31(4)15-6-7-15/h5,8-11,15,33H,6-7,12H2,1-4H3,(H2,24,28)(H2,25,26,27,29,30). The quantitative estimate of drug-likeness (QED) is 0.294. The predicted octanol–water partition coefficient (Wildman–Crippen LogP) is 2.44. The molecular weight excluding hydrogens is 434 g/mol. The average molecular weight is 464 g/mol. The van der Waals surface area contributed by atoms with Crippen LogP contribution in [0.1, 0.15) is 29.5 Å². The molecule has 34 heavy (non-hydrogen) atoms. The minimum Gasteiger partial charge on any atom is -0.508 e. The highest BCUT2D eigenvalue weighted by Crippen LogP contribution is 2.31. The Morgan fingerprint density at radius 2 is 2.09 bits per heavy atom. The number of likely N-dealkylation sites (N-methyl/N-ethyl adjacent to an activating group) is 1. The van der Waals surface area contributed by atoms with E-state index in [0.717, 1.165) is 18.4 Å². The van der Waals surface area contributed by atoms with Crippen molar-refractivity contribution in [3.05, 3.63) is 47.3 Å². The maximum absolute atomic E-state index is 12.3. The number of phenols is 1. The van der Waals surface area contributed by atoms with Crippen LogP contribution in [-0.2, 0) is 11.3 Å². The Morgan fingerprint density at radius 1 is 1.32 bits per heavy atom. The molecule has 0 saturated heterocycles. The van der Waals surface area contributed by atoms with Crippen LogP contribution < -0.4 is 16.4 Å². The molecule has 1 aliphatic rings. The Balaban J connectivity index is 1.50. The first-order valence-electron chi connectivity index (χ1n) is 11.0. The molecule has 0 aliphatic heterocycles. The van der Waals surface area contributed by atoms with Crippen LogP contribution in [0.3, 0.4) is 0 Å². The molecule has 0 radical (unpaired) electrons. The van der Waals surface area contributed by atoms with Crippen LogP contribution in [0, 0.1) is 13.8 Å². The van der Waals surface area contributed by atoms with Gasteiger partial charge in [0.1, 0.15) is 23.9 Å². The fourth-order valence-electron chi connectivity index (χ4n) is 3.54. The summed E-state index contributed by atoms with van der Waals surface area (Å²) in [5, 5.41) is 20.5. The molecule has 3 aromatic rings. The number of amides is 1. The Hall–Kier alpha value is -4.15. The van der Waals surface area contributed by atoms with E-state index in [9.17, 15) is 9.90 Å². The van der Waals surface area contributed by atoms with Gasteiger partial charge in [-0.1, -0.05) is 6.07 Å². The number of anilines is 3. The van der Waals surface area contributed by atoms with Crippen LogP contribution in [0.4, 0.5) is 23.3 Å². The van der Waals surface area contributed by atoms with E-state index in [2.05, 4.69) is 30.7 Å². The van der Waals surface area contributed by atoms with Gasteiger partial charge in [0.05, 0.1) is 11.3 Å². The summed E-state index contributed by atoms with van der Waals surface area (Å²) in [6, 6.07) is 5.53. The van der Waals surface area contributed by atoms with Crippen LogP contribution in [0.15, 0.2) is 35.6 Å². The van der Waals surface area contributed by atoms with E-state index >= 15 is 0 Å². The fraction of sp³-hybridized carbons (Fsp3) is 0.348. The smallest absolute Gasteiger partial charge is 0.244 e. The molecule has 1 amide bonds. The van der Waals surface area contributed by atoms with Crippen LogP contribution in [-0.4, -0.2) is 61.6 Å². The van der Waals surface area contributed by atoms with E-state index in [0.29, 0.717) is 40.4 Å². The van der Waals surface area contributed by atoms with E-state index in [-0.39, 0.29) is 24.0 Å². The number of aryl methyl sites for hydroxylation is 1. The lowest BCUT2D eigenvalue weighted by Gasteiger charge is -2.15. The van der Waals surface area contributed by atoms with Crippen molar-refractivity contribution in [1.82, 2.24) is 24.6 Å². The van der Waals surface area contributed by atoms with Gasteiger partial charge in [0, 0.05) is 44.2 Å². The number of phenolic OH excluding ortho intramolecular Hbond substituents is 1. The number of nitrogens with one attached hydrogen (secondary N) is 2. The topological polar surface area (TPSA) is 147 Å². The highest BCUT2D eigenvalue weighted by Gasteiger charge is 2.29. The molecule has 178 valence electrons. The third-order valence-corrected chi connectivity index (χ3v) is 5.80. The third-order valence-electron chi connectivity index (χ3n) is 5.80. The minimum atomic E-state index is 0.0298. The zero-order chi connectivity index (χ0) is 24.4. The van der Waals surface area contributed by atoms with Gasteiger partial charge in [-0.3, -0.25) is 9.48 Å². The lowest BCUT2D eigenvalue weighted by atomic mass is 10.1. The number of amidine groups is 1. The van der Waals surface area contributed by atoms with Crippen molar-refractivity contribution in [2.24, 2.45) is 10.7 Å². The summed E-state index contributed by atoms with van der Waals surface area (Å²) < 4.78 is 1.58. The number of aromatic hydroxyl groups is 1. The second-order valence-corrected chi connectivity index (χ2v) is 8.34. The number of carbonyl (C=O) groups excluding carboxylic acids is 1. The van der Waals surface area contributed by atoms with Gasteiger partial charge in [0.15, 0.2) is 5.82 Å². The molecule has 0 bridgehead atoms. The summed E-state index contributed by atoms with van der Waals surface area (Å²) in [7, 11) is 3.56. The van der Waals surface area contributed by atoms with E-state index < -0.39 is 0 Å².